The van der Waals surface area contributed by atoms with Gasteiger partial charge in [0, 0.05) is 12.5 Å². The first-order valence-electron chi connectivity index (χ1n) is 6.77. The fourth-order valence-electron chi connectivity index (χ4n) is 2.78. The van der Waals surface area contributed by atoms with E-state index < -0.39 is 0 Å². The van der Waals surface area contributed by atoms with E-state index in [9.17, 15) is 4.79 Å². The highest BCUT2D eigenvalue weighted by atomic mass is 16.2. The van der Waals surface area contributed by atoms with Gasteiger partial charge in [-0.15, -0.1) is 0 Å². The van der Waals surface area contributed by atoms with Crippen molar-refractivity contribution in [3.05, 3.63) is 35.9 Å². The minimum Gasteiger partial charge on any atom is -0.348 e. The van der Waals surface area contributed by atoms with Gasteiger partial charge < -0.3 is 11.1 Å². The van der Waals surface area contributed by atoms with Crippen molar-refractivity contribution in [2.45, 2.75) is 32.2 Å². The van der Waals surface area contributed by atoms with Gasteiger partial charge in [0.15, 0.2) is 0 Å². The van der Waals surface area contributed by atoms with Gasteiger partial charge in [-0.1, -0.05) is 43.7 Å². The lowest BCUT2D eigenvalue weighted by atomic mass is 9.96. The van der Waals surface area contributed by atoms with Crippen molar-refractivity contribution in [3.63, 3.8) is 0 Å². The molecule has 18 heavy (non-hydrogen) atoms. The van der Waals surface area contributed by atoms with Crippen LogP contribution in [0.3, 0.4) is 0 Å². The monoisotopic (exact) mass is 246 g/mol. The maximum atomic E-state index is 12.2. The fraction of sp³-hybridized carbons (Fsp3) is 0.533. The molecule has 1 amide bonds. The van der Waals surface area contributed by atoms with Crippen LogP contribution in [0.2, 0.25) is 0 Å². The van der Waals surface area contributed by atoms with E-state index in [0.717, 1.165) is 24.8 Å². The number of nitrogens with two attached hydrogens (primary N) is 1. The lowest BCUT2D eigenvalue weighted by Gasteiger charge is -2.21. The van der Waals surface area contributed by atoms with Crippen LogP contribution in [0.1, 0.15) is 37.8 Å². The van der Waals surface area contributed by atoms with Crippen LogP contribution in [0, 0.1) is 11.8 Å². The van der Waals surface area contributed by atoms with E-state index in [0.29, 0.717) is 12.5 Å². The molecule has 0 heterocycles. The van der Waals surface area contributed by atoms with Crippen molar-refractivity contribution in [3.8, 4) is 0 Å². The van der Waals surface area contributed by atoms with E-state index in [1.54, 1.807) is 0 Å². The third-order valence-corrected chi connectivity index (χ3v) is 3.95. The van der Waals surface area contributed by atoms with Gasteiger partial charge in [-0.3, -0.25) is 4.79 Å². The van der Waals surface area contributed by atoms with Crippen LogP contribution in [-0.4, -0.2) is 12.5 Å². The number of benzene rings is 1. The van der Waals surface area contributed by atoms with Gasteiger partial charge in [0.05, 0.1) is 6.04 Å². The number of nitrogens with one attached hydrogen (secondary N) is 1. The smallest absolute Gasteiger partial charge is 0.223 e. The van der Waals surface area contributed by atoms with Crippen molar-refractivity contribution < 1.29 is 4.79 Å². The summed E-state index contributed by atoms with van der Waals surface area (Å²) in [5.41, 5.74) is 6.85. The zero-order valence-electron chi connectivity index (χ0n) is 10.9. The summed E-state index contributed by atoms with van der Waals surface area (Å²) in [4.78, 5) is 12.2. The van der Waals surface area contributed by atoms with Gasteiger partial charge in [-0.25, -0.2) is 0 Å². The molecular formula is C15H22N2O. The Labute approximate surface area is 109 Å². The molecule has 0 aliphatic heterocycles. The van der Waals surface area contributed by atoms with Crippen molar-refractivity contribution >= 4 is 5.91 Å². The average molecular weight is 246 g/mol. The Balaban J connectivity index is 2.00. The Bertz CT molecular complexity index is 391. The third-order valence-electron chi connectivity index (χ3n) is 3.95. The summed E-state index contributed by atoms with van der Waals surface area (Å²) in [7, 11) is 0. The Morgan fingerprint density at radius 3 is 2.67 bits per heavy atom. The van der Waals surface area contributed by atoms with Gasteiger partial charge in [0.25, 0.3) is 0 Å². The molecule has 1 fully saturated rings. The molecule has 0 radical (unpaired) electrons. The topological polar surface area (TPSA) is 55.1 Å². The molecule has 3 nitrogen and oxygen atoms in total. The highest BCUT2D eigenvalue weighted by molar-refractivity contribution is 5.79. The molecule has 1 aliphatic carbocycles. The second-order valence-electron chi connectivity index (χ2n) is 5.22. The molecule has 1 aliphatic rings. The van der Waals surface area contributed by atoms with E-state index in [4.69, 9.17) is 5.73 Å². The molecule has 2 rings (SSSR count). The van der Waals surface area contributed by atoms with Crippen molar-refractivity contribution in [1.29, 1.82) is 0 Å². The molecule has 0 aromatic heterocycles. The fourth-order valence-corrected chi connectivity index (χ4v) is 2.78. The highest BCUT2D eigenvalue weighted by Gasteiger charge is 2.30. The van der Waals surface area contributed by atoms with Crippen molar-refractivity contribution in [2.75, 3.05) is 6.54 Å². The predicted octanol–water partition coefficient (Wildman–Crippen LogP) is 2.24. The van der Waals surface area contributed by atoms with E-state index in [1.807, 2.05) is 30.3 Å². The number of carbonyl (C=O) groups excluding carboxylic acids is 1. The lowest BCUT2D eigenvalue weighted by Crippen LogP contribution is -2.38. The minimum absolute atomic E-state index is 0.0634. The number of hydrogen-bond donors (Lipinski definition) is 2. The van der Waals surface area contributed by atoms with Gasteiger partial charge in [0.1, 0.15) is 0 Å². The van der Waals surface area contributed by atoms with Crippen molar-refractivity contribution in [1.82, 2.24) is 5.32 Å². The molecule has 1 aromatic carbocycles. The Morgan fingerprint density at radius 1 is 1.39 bits per heavy atom. The van der Waals surface area contributed by atoms with Gasteiger partial charge >= 0.3 is 0 Å². The maximum Gasteiger partial charge on any atom is 0.223 e. The number of hydrogen-bond acceptors (Lipinski definition) is 2. The standard InChI is InChI=1S/C15H22N2O/c1-11-6-5-9-13(11)15(18)17-14(10-16)12-7-3-2-4-8-12/h2-4,7-8,11,13-14H,5-6,9-10,16H2,1H3,(H,17,18). The molecule has 3 unspecified atom stereocenters. The van der Waals surface area contributed by atoms with Crippen LogP contribution in [0.5, 0.6) is 0 Å². The summed E-state index contributed by atoms with van der Waals surface area (Å²) in [6.07, 6.45) is 3.34. The second kappa shape index (κ2) is 6.01. The van der Waals surface area contributed by atoms with E-state index in [1.165, 1.54) is 0 Å². The highest BCUT2D eigenvalue weighted by Crippen LogP contribution is 2.31. The Kier molecular flexibility index (Phi) is 4.37. The molecule has 1 aromatic rings. The molecule has 0 saturated heterocycles. The molecule has 3 N–H and O–H groups in total. The number of rotatable bonds is 4. The molecule has 3 heteroatoms. The molecule has 98 valence electrons. The maximum absolute atomic E-state index is 12.2. The zero-order valence-corrected chi connectivity index (χ0v) is 10.9. The minimum atomic E-state index is -0.0634. The van der Waals surface area contributed by atoms with Crippen molar-refractivity contribution in [2.24, 2.45) is 17.6 Å². The summed E-state index contributed by atoms with van der Waals surface area (Å²) in [6, 6.07) is 9.88. The van der Waals surface area contributed by atoms with Crippen LogP contribution in [0.4, 0.5) is 0 Å². The van der Waals surface area contributed by atoms with Gasteiger partial charge in [-0.2, -0.15) is 0 Å². The summed E-state index contributed by atoms with van der Waals surface area (Å²) >= 11 is 0. The first-order chi connectivity index (χ1) is 8.72. The first kappa shape index (κ1) is 13.1. The summed E-state index contributed by atoms with van der Waals surface area (Å²) in [5, 5.41) is 3.09. The Hall–Kier alpha value is -1.35. The predicted molar refractivity (Wildman–Crippen MR) is 72.9 cm³/mol. The first-order valence-corrected chi connectivity index (χ1v) is 6.77. The van der Waals surface area contributed by atoms with Crippen LogP contribution >= 0.6 is 0 Å². The summed E-state index contributed by atoms with van der Waals surface area (Å²) in [6.45, 7) is 2.61. The second-order valence-corrected chi connectivity index (χ2v) is 5.22. The molecular weight excluding hydrogens is 224 g/mol. The van der Waals surface area contributed by atoms with Gasteiger partial charge in [0.2, 0.25) is 5.91 Å². The normalized spacial score (nSPS) is 24.8. The third kappa shape index (κ3) is 2.91. The Morgan fingerprint density at radius 2 is 2.11 bits per heavy atom. The molecule has 1 saturated carbocycles. The molecule has 0 bridgehead atoms. The molecule has 0 spiro atoms. The average Bonchev–Trinajstić information content (AvgIpc) is 2.83. The van der Waals surface area contributed by atoms with Crippen LogP contribution in [0.15, 0.2) is 30.3 Å². The van der Waals surface area contributed by atoms with E-state index in [-0.39, 0.29) is 17.9 Å². The SMILES string of the molecule is CC1CCCC1C(=O)NC(CN)c1ccccc1. The molecule has 3 atom stereocenters. The van der Waals surface area contributed by atoms with E-state index in [2.05, 4.69) is 12.2 Å². The summed E-state index contributed by atoms with van der Waals surface area (Å²) < 4.78 is 0. The quantitative estimate of drug-likeness (QED) is 0.856. The van der Waals surface area contributed by atoms with Gasteiger partial charge in [-0.05, 0) is 24.3 Å². The summed E-state index contributed by atoms with van der Waals surface area (Å²) in [5.74, 6) is 0.835. The van der Waals surface area contributed by atoms with Crippen LogP contribution in [-0.2, 0) is 4.79 Å². The van der Waals surface area contributed by atoms with Crippen LogP contribution < -0.4 is 11.1 Å². The lowest BCUT2D eigenvalue weighted by molar-refractivity contribution is -0.126. The van der Waals surface area contributed by atoms with Crippen LogP contribution in [0.25, 0.3) is 0 Å². The number of carbonyl (C=O) groups is 1. The number of amides is 1. The zero-order chi connectivity index (χ0) is 13.0. The van der Waals surface area contributed by atoms with E-state index >= 15 is 0 Å². The largest absolute Gasteiger partial charge is 0.348 e.